The predicted molar refractivity (Wildman–Crippen MR) is 43.5 cm³/mol. The number of fused-ring (bicyclic) bond motifs is 1. The molecule has 0 atom stereocenters. The first-order valence-electron chi connectivity index (χ1n) is 3.96. The van der Waals surface area contributed by atoms with Crippen LogP contribution in [0.2, 0.25) is 0 Å². The molecule has 12 heavy (non-hydrogen) atoms. The average Bonchev–Trinajstić information content (AvgIpc) is 2.52. The lowest BCUT2D eigenvalue weighted by Crippen LogP contribution is -2.02. The SMILES string of the molecule is NCc1c(F)ccc2c1OCC2. The van der Waals surface area contributed by atoms with E-state index in [0.29, 0.717) is 17.9 Å². The van der Waals surface area contributed by atoms with E-state index in [2.05, 4.69) is 0 Å². The minimum Gasteiger partial charge on any atom is -0.493 e. The van der Waals surface area contributed by atoms with Gasteiger partial charge >= 0.3 is 0 Å². The molecule has 1 aliphatic heterocycles. The van der Waals surface area contributed by atoms with Gasteiger partial charge in [0.05, 0.1) is 6.61 Å². The Morgan fingerprint density at radius 2 is 2.33 bits per heavy atom. The van der Waals surface area contributed by atoms with Crippen molar-refractivity contribution in [3.8, 4) is 5.75 Å². The first-order valence-corrected chi connectivity index (χ1v) is 3.96. The molecule has 0 unspecified atom stereocenters. The Morgan fingerprint density at radius 3 is 3.08 bits per heavy atom. The van der Waals surface area contributed by atoms with Crippen LogP contribution in [0.1, 0.15) is 11.1 Å². The third-order valence-electron chi connectivity index (χ3n) is 2.11. The second-order valence-corrected chi connectivity index (χ2v) is 2.82. The van der Waals surface area contributed by atoms with E-state index in [9.17, 15) is 4.39 Å². The summed E-state index contributed by atoms with van der Waals surface area (Å²) in [5, 5.41) is 0. The highest BCUT2D eigenvalue weighted by atomic mass is 19.1. The Kier molecular flexibility index (Phi) is 1.73. The van der Waals surface area contributed by atoms with Crippen LogP contribution in [-0.2, 0) is 13.0 Å². The molecule has 1 aliphatic rings. The highest BCUT2D eigenvalue weighted by molar-refractivity contribution is 5.44. The van der Waals surface area contributed by atoms with Gasteiger partial charge in [-0.25, -0.2) is 4.39 Å². The molecule has 1 heterocycles. The highest BCUT2D eigenvalue weighted by Gasteiger charge is 2.18. The standard InChI is InChI=1S/C9H10FNO/c10-8-2-1-6-3-4-12-9(6)7(8)5-11/h1-2H,3-5,11H2. The van der Waals surface area contributed by atoms with Crippen LogP contribution < -0.4 is 10.5 Å². The normalized spacial score (nSPS) is 14.2. The first-order chi connectivity index (χ1) is 5.83. The fraction of sp³-hybridized carbons (Fsp3) is 0.333. The van der Waals surface area contributed by atoms with Crippen molar-refractivity contribution >= 4 is 0 Å². The molecule has 0 fully saturated rings. The predicted octanol–water partition coefficient (Wildman–Crippen LogP) is 1.22. The number of hydrogen-bond donors (Lipinski definition) is 1. The van der Waals surface area contributed by atoms with Gasteiger partial charge in [-0.15, -0.1) is 0 Å². The van der Waals surface area contributed by atoms with Gasteiger partial charge in [0.1, 0.15) is 11.6 Å². The van der Waals surface area contributed by atoms with E-state index in [1.165, 1.54) is 6.07 Å². The van der Waals surface area contributed by atoms with Crippen LogP contribution in [0.4, 0.5) is 4.39 Å². The summed E-state index contributed by atoms with van der Waals surface area (Å²) in [7, 11) is 0. The van der Waals surface area contributed by atoms with Crippen molar-refractivity contribution < 1.29 is 9.13 Å². The molecule has 0 spiro atoms. The summed E-state index contributed by atoms with van der Waals surface area (Å²) in [4.78, 5) is 0. The largest absolute Gasteiger partial charge is 0.493 e. The molecule has 64 valence electrons. The van der Waals surface area contributed by atoms with Crippen LogP contribution in [-0.4, -0.2) is 6.61 Å². The maximum Gasteiger partial charge on any atom is 0.131 e. The molecule has 3 heteroatoms. The Balaban J connectivity index is 2.57. The van der Waals surface area contributed by atoms with Crippen molar-refractivity contribution in [2.24, 2.45) is 5.73 Å². The second-order valence-electron chi connectivity index (χ2n) is 2.82. The minimum atomic E-state index is -0.266. The fourth-order valence-electron chi connectivity index (χ4n) is 1.48. The number of nitrogens with two attached hydrogens (primary N) is 1. The second kappa shape index (κ2) is 2.75. The monoisotopic (exact) mass is 167 g/mol. The van der Waals surface area contributed by atoms with Crippen molar-refractivity contribution in [3.63, 3.8) is 0 Å². The third-order valence-corrected chi connectivity index (χ3v) is 2.11. The van der Waals surface area contributed by atoms with Gasteiger partial charge in [0.15, 0.2) is 0 Å². The third kappa shape index (κ3) is 0.975. The Labute approximate surface area is 70.1 Å². The number of halogens is 1. The number of rotatable bonds is 1. The molecular formula is C9H10FNO. The van der Waals surface area contributed by atoms with Gasteiger partial charge in [-0.2, -0.15) is 0 Å². The van der Waals surface area contributed by atoms with Gasteiger partial charge in [0, 0.05) is 18.5 Å². The van der Waals surface area contributed by atoms with E-state index < -0.39 is 0 Å². The zero-order chi connectivity index (χ0) is 8.55. The molecule has 0 saturated carbocycles. The highest BCUT2D eigenvalue weighted by Crippen LogP contribution is 2.30. The lowest BCUT2D eigenvalue weighted by Gasteiger charge is -2.05. The molecule has 0 aromatic heterocycles. The van der Waals surface area contributed by atoms with E-state index >= 15 is 0 Å². The molecule has 1 aromatic carbocycles. The van der Waals surface area contributed by atoms with Crippen molar-refractivity contribution in [2.75, 3.05) is 6.61 Å². The molecule has 2 rings (SSSR count). The van der Waals surface area contributed by atoms with Gasteiger partial charge in [0.2, 0.25) is 0 Å². The van der Waals surface area contributed by atoms with Gasteiger partial charge < -0.3 is 10.5 Å². The summed E-state index contributed by atoms with van der Waals surface area (Å²) in [6, 6.07) is 3.21. The molecule has 0 saturated heterocycles. The summed E-state index contributed by atoms with van der Waals surface area (Å²) < 4.78 is 18.4. The van der Waals surface area contributed by atoms with Gasteiger partial charge in [0.25, 0.3) is 0 Å². The van der Waals surface area contributed by atoms with Crippen molar-refractivity contribution in [2.45, 2.75) is 13.0 Å². The maximum absolute atomic E-state index is 13.1. The van der Waals surface area contributed by atoms with E-state index in [4.69, 9.17) is 10.5 Å². The van der Waals surface area contributed by atoms with E-state index in [0.717, 1.165) is 12.0 Å². The molecule has 0 radical (unpaired) electrons. The van der Waals surface area contributed by atoms with Gasteiger partial charge in [-0.05, 0) is 11.6 Å². The Bertz CT molecular complexity index is 312. The maximum atomic E-state index is 13.1. The fourth-order valence-corrected chi connectivity index (χ4v) is 1.48. The Hall–Kier alpha value is -1.09. The number of hydrogen-bond acceptors (Lipinski definition) is 2. The lowest BCUT2D eigenvalue weighted by atomic mass is 10.1. The summed E-state index contributed by atoms with van der Waals surface area (Å²) >= 11 is 0. The van der Waals surface area contributed by atoms with Crippen LogP contribution in [0.15, 0.2) is 12.1 Å². The van der Waals surface area contributed by atoms with E-state index in [-0.39, 0.29) is 12.4 Å². The van der Waals surface area contributed by atoms with Crippen molar-refractivity contribution in [1.29, 1.82) is 0 Å². The zero-order valence-electron chi connectivity index (χ0n) is 6.64. The molecular weight excluding hydrogens is 157 g/mol. The van der Waals surface area contributed by atoms with Crippen LogP contribution in [0.3, 0.4) is 0 Å². The number of benzene rings is 1. The molecule has 2 nitrogen and oxygen atoms in total. The van der Waals surface area contributed by atoms with Gasteiger partial charge in [-0.1, -0.05) is 6.07 Å². The average molecular weight is 167 g/mol. The smallest absolute Gasteiger partial charge is 0.131 e. The molecule has 0 bridgehead atoms. The molecule has 0 aliphatic carbocycles. The van der Waals surface area contributed by atoms with Crippen molar-refractivity contribution in [1.82, 2.24) is 0 Å². The quantitative estimate of drug-likeness (QED) is 0.682. The number of ether oxygens (including phenoxy) is 1. The summed E-state index contributed by atoms with van der Waals surface area (Å²) in [5.41, 5.74) is 6.97. The summed E-state index contributed by atoms with van der Waals surface area (Å²) in [6.45, 7) is 0.848. The van der Waals surface area contributed by atoms with Crippen LogP contribution in [0.5, 0.6) is 5.75 Å². The Morgan fingerprint density at radius 1 is 1.50 bits per heavy atom. The van der Waals surface area contributed by atoms with Crippen LogP contribution in [0.25, 0.3) is 0 Å². The first kappa shape index (κ1) is 7.55. The van der Waals surface area contributed by atoms with E-state index in [1.54, 1.807) is 6.07 Å². The van der Waals surface area contributed by atoms with E-state index in [1.807, 2.05) is 0 Å². The van der Waals surface area contributed by atoms with Gasteiger partial charge in [-0.3, -0.25) is 0 Å². The van der Waals surface area contributed by atoms with Crippen LogP contribution >= 0.6 is 0 Å². The lowest BCUT2D eigenvalue weighted by molar-refractivity contribution is 0.351. The molecule has 0 amide bonds. The summed E-state index contributed by atoms with van der Waals surface area (Å²) in [6.07, 6.45) is 0.864. The summed E-state index contributed by atoms with van der Waals surface area (Å²) in [5.74, 6) is 0.399. The zero-order valence-corrected chi connectivity index (χ0v) is 6.64. The molecule has 1 aromatic rings. The van der Waals surface area contributed by atoms with Crippen molar-refractivity contribution in [3.05, 3.63) is 29.1 Å². The molecule has 2 N–H and O–H groups in total. The van der Waals surface area contributed by atoms with Crippen LogP contribution in [0, 0.1) is 5.82 Å². The minimum absolute atomic E-state index is 0.203. The topological polar surface area (TPSA) is 35.2 Å².